The van der Waals surface area contributed by atoms with Crippen LogP contribution in [0.3, 0.4) is 0 Å². The molecule has 0 saturated carbocycles. The number of aliphatic carboxylic acids is 1. The van der Waals surface area contributed by atoms with E-state index in [2.05, 4.69) is 5.32 Å². The molecule has 126 valence electrons. The summed E-state index contributed by atoms with van der Waals surface area (Å²) >= 11 is 7.26. The Morgan fingerprint density at radius 1 is 1.38 bits per heavy atom. The molecule has 2 N–H and O–H groups in total. The Balaban J connectivity index is 1.66. The van der Waals surface area contributed by atoms with Crippen LogP contribution in [0.25, 0.3) is 0 Å². The Morgan fingerprint density at radius 3 is 2.67 bits per heavy atom. The fourth-order valence-corrected chi connectivity index (χ4v) is 4.21. The fourth-order valence-electron chi connectivity index (χ4n) is 2.79. The standard InChI is InChI=1S/C16H15ClN2O4S/c1-8-7-24-15-12(14(21)19(15)13(8)16(22)23)18-11(20)6-9-2-4-10(17)5-3-9/h2-5,12,15H,6-7H2,1H3,(H,18,20)(H,22,23). The van der Waals surface area contributed by atoms with Crippen LogP contribution in [0, 0.1) is 0 Å². The lowest BCUT2D eigenvalue weighted by Gasteiger charge is -2.49. The van der Waals surface area contributed by atoms with Gasteiger partial charge >= 0.3 is 5.97 Å². The Morgan fingerprint density at radius 2 is 2.04 bits per heavy atom. The summed E-state index contributed by atoms with van der Waals surface area (Å²) in [5, 5.41) is 12.2. The van der Waals surface area contributed by atoms with Gasteiger partial charge in [0.05, 0.1) is 6.42 Å². The van der Waals surface area contributed by atoms with Gasteiger partial charge in [-0.1, -0.05) is 23.7 Å². The molecule has 2 heterocycles. The van der Waals surface area contributed by atoms with E-state index in [0.29, 0.717) is 16.3 Å². The van der Waals surface area contributed by atoms with Crippen LogP contribution >= 0.6 is 23.4 Å². The molecule has 0 spiro atoms. The maximum atomic E-state index is 12.3. The molecule has 2 aliphatic rings. The minimum absolute atomic E-state index is 0.0342. The van der Waals surface area contributed by atoms with E-state index in [1.165, 1.54) is 16.7 Å². The summed E-state index contributed by atoms with van der Waals surface area (Å²) in [6.45, 7) is 1.70. The fraction of sp³-hybridized carbons (Fsp3) is 0.312. The van der Waals surface area contributed by atoms with Crippen molar-refractivity contribution in [1.29, 1.82) is 0 Å². The second-order valence-electron chi connectivity index (χ2n) is 5.69. The summed E-state index contributed by atoms with van der Waals surface area (Å²) in [7, 11) is 0. The van der Waals surface area contributed by atoms with Crippen LogP contribution in [0.2, 0.25) is 5.02 Å². The highest BCUT2D eigenvalue weighted by molar-refractivity contribution is 8.00. The number of hydrogen-bond donors (Lipinski definition) is 2. The number of fused-ring (bicyclic) bond motifs is 1. The number of rotatable bonds is 4. The summed E-state index contributed by atoms with van der Waals surface area (Å²) in [6, 6.07) is 6.22. The lowest BCUT2D eigenvalue weighted by atomic mass is 10.0. The zero-order valence-corrected chi connectivity index (χ0v) is 14.4. The minimum atomic E-state index is -1.11. The van der Waals surface area contributed by atoms with Gasteiger partial charge < -0.3 is 10.4 Å². The number of halogens is 1. The largest absolute Gasteiger partial charge is 0.477 e. The van der Waals surface area contributed by atoms with Crippen molar-refractivity contribution >= 4 is 41.1 Å². The van der Waals surface area contributed by atoms with Gasteiger partial charge in [-0.15, -0.1) is 11.8 Å². The summed E-state index contributed by atoms with van der Waals surface area (Å²) in [6.07, 6.45) is 0.138. The molecule has 0 bridgehead atoms. The number of carboxylic acids is 1. The van der Waals surface area contributed by atoms with Crippen LogP contribution < -0.4 is 5.32 Å². The van der Waals surface area contributed by atoms with Crippen molar-refractivity contribution in [3.63, 3.8) is 0 Å². The van der Waals surface area contributed by atoms with Gasteiger partial charge in [-0.3, -0.25) is 14.5 Å². The Hall–Kier alpha value is -1.99. The highest BCUT2D eigenvalue weighted by atomic mass is 35.5. The number of nitrogens with one attached hydrogen (secondary N) is 1. The number of hydrogen-bond acceptors (Lipinski definition) is 4. The second-order valence-corrected chi connectivity index (χ2v) is 7.23. The third-order valence-corrected chi connectivity index (χ3v) is 5.63. The molecule has 1 aromatic rings. The molecule has 2 amide bonds. The Bertz CT molecular complexity index is 747. The van der Waals surface area contributed by atoms with Gasteiger partial charge in [0.1, 0.15) is 17.1 Å². The molecule has 1 aromatic carbocycles. The first-order valence-electron chi connectivity index (χ1n) is 7.30. The monoisotopic (exact) mass is 366 g/mol. The maximum Gasteiger partial charge on any atom is 0.352 e. The Kier molecular flexibility index (Phi) is 4.56. The highest BCUT2D eigenvalue weighted by Crippen LogP contribution is 2.40. The summed E-state index contributed by atoms with van der Waals surface area (Å²) in [4.78, 5) is 37.0. The first kappa shape index (κ1) is 16.9. The number of carbonyl (C=O) groups excluding carboxylic acids is 2. The Labute approximate surface area is 147 Å². The van der Waals surface area contributed by atoms with E-state index in [9.17, 15) is 19.5 Å². The van der Waals surface area contributed by atoms with Gasteiger partial charge in [0.25, 0.3) is 5.91 Å². The molecular formula is C16H15ClN2O4S. The number of β-lactam (4-membered cyclic amide) rings is 1. The number of benzene rings is 1. The zero-order valence-electron chi connectivity index (χ0n) is 12.8. The van der Waals surface area contributed by atoms with Crippen LogP contribution in [0.15, 0.2) is 35.5 Å². The van der Waals surface area contributed by atoms with Crippen molar-refractivity contribution in [2.75, 3.05) is 5.75 Å². The molecule has 24 heavy (non-hydrogen) atoms. The van der Waals surface area contributed by atoms with Crippen LogP contribution in [-0.2, 0) is 20.8 Å². The molecule has 2 unspecified atom stereocenters. The van der Waals surface area contributed by atoms with Gasteiger partial charge in [0.15, 0.2) is 0 Å². The summed E-state index contributed by atoms with van der Waals surface area (Å²) in [5.74, 6) is -1.25. The predicted octanol–water partition coefficient (Wildman–Crippen LogP) is 1.64. The lowest BCUT2D eigenvalue weighted by molar-refractivity contribution is -0.150. The van der Waals surface area contributed by atoms with Gasteiger partial charge in [0, 0.05) is 10.8 Å². The van der Waals surface area contributed by atoms with E-state index < -0.39 is 12.0 Å². The molecule has 2 atom stereocenters. The van der Waals surface area contributed by atoms with Crippen LogP contribution in [0.1, 0.15) is 12.5 Å². The van der Waals surface area contributed by atoms with Crippen LogP contribution in [0.5, 0.6) is 0 Å². The lowest BCUT2D eigenvalue weighted by Crippen LogP contribution is -2.70. The summed E-state index contributed by atoms with van der Waals surface area (Å²) < 4.78 is 0. The number of thioether (sulfide) groups is 1. The van der Waals surface area contributed by atoms with E-state index in [0.717, 1.165) is 5.56 Å². The first-order chi connectivity index (χ1) is 11.4. The molecule has 6 nitrogen and oxygen atoms in total. The topological polar surface area (TPSA) is 86.7 Å². The molecular weight excluding hydrogens is 352 g/mol. The molecule has 0 radical (unpaired) electrons. The summed E-state index contributed by atoms with van der Waals surface area (Å²) in [5.41, 5.74) is 1.48. The van der Waals surface area contributed by atoms with Crippen molar-refractivity contribution in [1.82, 2.24) is 10.2 Å². The van der Waals surface area contributed by atoms with Crippen molar-refractivity contribution < 1.29 is 19.5 Å². The smallest absolute Gasteiger partial charge is 0.352 e. The van der Waals surface area contributed by atoms with Crippen molar-refractivity contribution in [3.05, 3.63) is 46.1 Å². The van der Waals surface area contributed by atoms with E-state index in [-0.39, 0.29) is 29.3 Å². The average Bonchev–Trinajstić information content (AvgIpc) is 2.54. The normalized spacial score (nSPS) is 22.8. The second kappa shape index (κ2) is 6.49. The average molecular weight is 367 g/mol. The maximum absolute atomic E-state index is 12.3. The third-order valence-electron chi connectivity index (χ3n) is 3.96. The van der Waals surface area contributed by atoms with Gasteiger partial charge in [-0.2, -0.15) is 0 Å². The van der Waals surface area contributed by atoms with Crippen molar-refractivity contribution in [2.45, 2.75) is 24.8 Å². The molecule has 0 aliphatic carbocycles. The molecule has 0 aromatic heterocycles. The molecule has 8 heteroatoms. The predicted molar refractivity (Wildman–Crippen MR) is 90.5 cm³/mol. The van der Waals surface area contributed by atoms with Gasteiger partial charge in [-0.05, 0) is 30.2 Å². The van der Waals surface area contributed by atoms with Gasteiger partial charge in [0.2, 0.25) is 5.91 Å². The minimum Gasteiger partial charge on any atom is -0.477 e. The SMILES string of the molecule is CC1=C(C(=O)O)N2C(=O)C(NC(=O)Cc3ccc(Cl)cc3)C2SC1. The molecule has 1 saturated heterocycles. The zero-order chi connectivity index (χ0) is 17.4. The van der Waals surface area contributed by atoms with E-state index in [1.807, 2.05) is 0 Å². The van der Waals surface area contributed by atoms with E-state index in [1.54, 1.807) is 31.2 Å². The molecule has 1 fully saturated rings. The van der Waals surface area contributed by atoms with Gasteiger partial charge in [-0.25, -0.2) is 4.79 Å². The number of carboxylic acid groups (broad SMARTS) is 1. The third kappa shape index (κ3) is 3.01. The number of nitrogens with zero attached hydrogens (tertiary/aromatic N) is 1. The van der Waals surface area contributed by atoms with Crippen LogP contribution in [-0.4, -0.2) is 45.0 Å². The van der Waals surface area contributed by atoms with E-state index in [4.69, 9.17) is 11.6 Å². The number of amides is 2. The van der Waals surface area contributed by atoms with Crippen molar-refractivity contribution in [3.8, 4) is 0 Å². The first-order valence-corrected chi connectivity index (χ1v) is 8.72. The van der Waals surface area contributed by atoms with Crippen LogP contribution in [0.4, 0.5) is 0 Å². The van der Waals surface area contributed by atoms with Crippen molar-refractivity contribution in [2.24, 2.45) is 0 Å². The molecule has 2 aliphatic heterocycles. The molecule has 3 rings (SSSR count). The highest BCUT2D eigenvalue weighted by Gasteiger charge is 2.53. The van der Waals surface area contributed by atoms with E-state index >= 15 is 0 Å². The number of carbonyl (C=O) groups is 3. The quantitative estimate of drug-likeness (QED) is 0.791.